The van der Waals surface area contributed by atoms with Crippen LogP contribution in [0.3, 0.4) is 0 Å². The van der Waals surface area contributed by atoms with Gasteiger partial charge in [-0.15, -0.1) is 0 Å². The van der Waals surface area contributed by atoms with Crippen molar-refractivity contribution in [2.45, 2.75) is 31.3 Å². The summed E-state index contributed by atoms with van der Waals surface area (Å²) in [5.41, 5.74) is 6.10. The molecule has 2 N–H and O–H groups in total. The summed E-state index contributed by atoms with van der Waals surface area (Å²) in [4.78, 5) is 9.12. The zero-order valence-corrected chi connectivity index (χ0v) is 13.3. The van der Waals surface area contributed by atoms with E-state index in [1.54, 1.807) is 7.11 Å². The molecule has 0 radical (unpaired) electrons. The van der Waals surface area contributed by atoms with Gasteiger partial charge in [0.05, 0.1) is 12.1 Å². The molecular formula is C14H27N5O2. The normalized spacial score (nSPS) is 23.1. The van der Waals surface area contributed by atoms with Gasteiger partial charge in [0.15, 0.2) is 5.82 Å². The lowest BCUT2D eigenvalue weighted by Gasteiger charge is -2.24. The van der Waals surface area contributed by atoms with Gasteiger partial charge in [-0.05, 0) is 46.4 Å². The fraction of sp³-hybridized carbons (Fsp3) is 0.857. The molecule has 2 heterocycles. The van der Waals surface area contributed by atoms with Gasteiger partial charge in [-0.25, -0.2) is 0 Å². The van der Waals surface area contributed by atoms with Crippen molar-refractivity contribution in [1.82, 2.24) is 19.9 Å². The van der Waals surface area contributed by atoms with Crippen molar-refractivity contribution in [3.63, 3.8) is 0 Å². The second-order valence-electron chi connectivity index (χ2n) is 5.84. The first-order chi connectivity index (χ1) is 10.1. The zero-order chi connectivity index (χ0) is 15.2. The molecule has 120 valence electrons. The molecule has 1 saturated heterocycles. The van der Waals surface area contributed by atoms with Crippen LogP contribution in [0.15, 0.2) is 4.52 Å². The average Bonchev–Trinajstić information content (AvgIpc) is 2.88. The van der Waals surface area contributed by atoms with Crippen LogP contribution in [-0.2, 0) is 4.74 Å². The first kappa shape index (κ1) is 16.4. The molecule has 1 aliphatic heterocycles. The molecule has 21 heavy (non-hydrogen) atoms. The van der Waals surface area contributed by atoms with Gasteiger partial charge in [0.25, 0.3) is 0 Å². The van der Waals surface area contributed by atoms with Crippen LogP contribution in [0.4, 0.5) is 0 Å². The molecule has 1 aliphatic rings. The van der Waals surface area contributed by atoms with Crippen LogP contribution in [0.2, 0.25) is 0 Å². The molecule has 7 nitrogen and oxygen atoms in total. The van der Waals surface area contributed by atoms with Crippen LogP contribution >= 0.6 is 0 Å². The minimum Gasteiger partial charge on any atom is -0.385 e. The Labute approximate surface area is 126 Å². The van der Waals surface area contributed by atoms with Crippen LogP contribution in [0.1, 0.15) is 43.1 Å². The van der Waals surface area contributed by atoms with E-state index < -0.39 is 0 Å². The Balaban J connectivity index is 2.00. The van der Waals surface area contributed by atoms with E-state index in [1.807, 2.05) is 0 Å². The Kier molecular flexibility index (Phi) is 6.10. The summed E-state index contributed by atoms with van der Waals surface area (Å²) in [6.07, 6.45) is 2.84. The highest BCUT2D eigenvalue weighted by Gasteiger charge is 2.27. The number of methoxy groups -OCH3 is 1. The maximum atomic E-state index is 6.10. The number of ether oxygens (including phenoxy) is 1. The van der Waals surface area contributed by atoms with Crippen LogP contribution in [0.25, 0.3) is 0 Å². The highest BCUT2D eigenvalue weighted by Crippen LogP contribution is 2.22. The van der Waals surface area contributed by atoms with Gasteiger partial charge in [0.1, 0.15) is 0 Å². The van der Waals surface area contributed by atoms with E-state index >= 15 is 0 Å². The van der Waals surface area contributed by atoms with Crippen molar-refractivity contribution in [2.24, 2.45) is 5.73 Å². The molecule has 0 aromatic carbocycles. The quantitative estimate of drug-likeness (QED) is 0.778. The van der Waals surface area contributed by atoms with Crippen molar-refractivity contribution in [1.29, 1.82) is 0 Å². The highest BCUT2D eigenvalue weighted by molar-refractivity contribution is 4.99. The SMILES string of the molecule is COCCCC(N)c1nc(C2CN(C)CCCN2C)no1. The van der Waals surface area contributed by atoms with E-state index in [-0.39, 0.29) is 12.1 Å². The molecule has 2 atom stereocenters. The third-order valence-corrected chi connectivity index (χ3v) is 4.00. The number of nitrogens with zero attached hydrogens (tertiary/aromatic N) is 4. The standard InChI is InChI=1S/C14H27N5O2/c1-18-7-5-8-19(2)12(10-18)13-16-14(21-17-13)11(15)6-4-9-20-3/h11-12H,4-10,15H2,1-3H3. The number of nitrogens with two attached hydrogens (primary N) is 1. The van der Waals surface area contributed by atoms with Crippen molar-refractivity contribution >= 4 is 0 Å². The monoisotopic (exact) mass is 297 g/mol. The largest absolute Gasteiger partial charge is 0.385 e. The van der Waals surface area contributed by atoms with Gasteiger partial charge < -0.3 is 19.9 Å². The molecule has 0 spiro atoms. The Bertz CT molecular complexity index is 425. The summed E-state index contributed by atoms with van der Waals surface area (Å²) < 4.78 is 10.4. The molecule has 1 fully saturated rings. The molecule has 2 unspecified atom stereocenters. The topological polar surface area (TPSA) is 80.7 Å². The molecule has 0 aliphatic carbocycles. The zero-order valence-electron chi connectivity index (χ0n) is 13.3. The smallest absolute Gasteiger partial charge is 0.243 e. The van der Waals surface area contributed by atoms with E-state index in [0.29, 0.717) is 12.5 Å². The number of aromatic nitrogens is 2. The number of rotatable bonds is 6. The van der Waals surface area contributed by atoms with Crippen molar-refractivity contribution < 1.29 is 9.26 Å². The Morgan fingerprint density at radius 2 is 2.24 bits per heavy atom. The van der Waals surface area contributed by atoms with Crippen molar-refractivity contribution in [2.75, 3.05) is 47.4 Å². The van der Waals surface area contributed by atoms with Crippen LogP contribution < -0.4 is 5.73 Å². The molecule has 0 bridgehead atoms. The minimum absolute atomic E-state index is 0.168. The van der Waals surface area contributed by atoms with Gasteiger partial charge in [0.2, 0.25) is 5.89 Å². The second-order valence-corrected chi connectivity index (χ2v) is 5.84. The van der Waals surface area contributed by atoms with E-state index in [2.05, 4.69) is 34.0 Å². The van der Waals surface area contributed by atoms with Gasteiger partial charge in [0, 0.05) is 20.3 Å². The maximum absolute atomic E-state index is 6.10. The van der Waals surface area contributed by atoms with Gasteiger partial charge in [-0.1, -0.05) is 5.16 Å². The second kappa shape index (κ2) is 7.84. The number of hydrogen-bond acceptors (Lipinski definition) is 7. The molecule has 0 amide bonds. The summed E-state index contributed by atoms with van der Waals surface area (Å²) in [7, 11) is 5.93. The lowest BCUT2D eigenvalue weighted by Crippen LogP contribution is -2.31. The van der Waals surface area contributed by atoms with Crippen LogP contribution in [0.5, 0.6) is 0 Å². The molecule has 0 saturated carbocycles. The number of hydrogen-bond donors (Lipinski definition) is 1. The fourth-order valence-electron chi connectivity index (χ4n) is 2.65. The van der Waals surface area contributed by atoms with Gasteiger partial charge in [-0.2, -0.15) is 4.98 Å². The third kappa shape index (κ3) is 4.47. The Morgan fingerprint density at radius 1 is 1.43 bits per heavy atom. The van der Waals surface area contributed by atoms with E-state index in [9.17, 15) is 0 Å². The summed E-state index contributed by atoms with van der Waals surface area (Å²) in [5.74, 6) is 1.27. The van der Waals surface area contributed by atoms with Crippen molar-refractivity contribution in [3.05, 3.63) is 11.7 Å². The summed E-state index contributed by atoms with van der Waals surface area (Å²) in [6, 6.07) is -0.0450. The fourth-order valence-corrected chi connectivity index (χ4v) is 2.65. The Hall–Kier alpha value is -1.02. The number of likely N-dealkylation sites (N-methyl/N-ethyl adjacent to an activating group) is 2. The van der Waals surface area contributed by atoms with Gasteiger partial charge >= 0.3 is 0 Å². The molecule has 2 rings (SSSR count). The first-order valence-electron chi connectivity index (χ1n) is 7.58. The van der Waals surface area contributed by atoms with Gasteiger partial charge in [-0.3, -0.25) is 4.90 Å². The molecule has 7 heteroatoms. The maximum Gasteiger partial charge on any atom is 0.243 e. The lowest BCUT2D eigenvalue weighted by atomic mass is 10.2. The van der Waals surface area contributed by atoms with E-state index in [1.165, 1.54) is 0 Å². The summed E-state index contributed by atoms with van der Waals surface area (Å²) in [6.45, 7) is 3.75. The predicted molar refractivity (Wildman–Crippen MR) is 79.8 cm³/mol. The van der Waals surface area contributed by atoms with Crippen molar-refractivity contribution in [3.8, 4) is 0 Å². The lowest BCUT2D eigenvalue weighted by molar-refractivity contribution is 0.188. The molecule has 1 aromatic heterocycles. The molecular weight excluding hydrogens is 270 g/mol. The molecule has 1 aromatic rings. The van der Waals surface area contributed by atoms with Crippen LogP contribution in [-0.4, -0.2) is 67.4 Å². The first-order valence-corrected chi connectivity index (χ1v) is 7.58. The minimum atomic E-state index is -0.213. The summed E-state index contributed by atoms with van der Waals surface area (Å²) in [5, 5.41) is 4.15. The average molecular weight is 297 g/mol. The predicted octanol–water partition coefficient (Wildman–Crippen LogP) is 0.804. The Morgan fingerprint density at radius 3 is 3.00 bits per heavy atom. The highest BCUT2D eigenvalue weighted by atomic mass is 16.5. The summed E-state index contributed by atoms with van der Waals surface area (Å²) >= 11 is 0. The van der Waals surface area contributed by atoms with E-state index in [4.69, 9.17) is 15.0 Å². The van der Waals surface area contributed by atoms with Crippen LogP contribution in [0, 0.1) is 0 Å². The van der Waals surface area contributed by atoms with E-state index in [0.717, 1.165) is 44.7 Å². The third-order valence-electron chi connectivity index (χ3n) is 4.00.